The van der Waals surface area contributed by atoms with E-state index in [0.29, 0.717) is 17.7 Å². The van der Waals surface area contributed by atoms with E-state index in [1.54, 1.807) is 6.20 Å². The Labute approximate surface area is 148 Å². The van der Waals surface area contributed by atoms with Gasteiger partial charge < -0.3 is 10.2 Å². The molecule has 0 aromatic carbocycles. The molecule has 0 radical (unpaired) electrons. The summed E-state index contributed by atoms with van der Waals surface area (Å²) in [6, 6.07) is 0.298. The summed E-state index contributed by atoms with van der Waals surface area (Å²) in [5.74, 6) is 1.32. The highest BCUT2D eigenvalue weighted by atomic mass is 16.2. The lowest BCUT2D eigenvalue weighted by Crippen LogP contribution is -2.31. The second-order valence-corrected chi connectivity index (χ2v) is 7.77. The van der Waals surface area contributed by atoms with Crippen molar-refractivity contribution in [3.63, 3.8) is 0 Å². The van der Waals surface area contributed by atoms with Gasteiger partial charge in [-0.2, -0.15) is 0 Å². The quantitative estimate of drug-likeness (QED) is 0.879. The number of nitrogens with zero attached hydrogens (tertiary/aromatic N) is 4. The normalized spacial score (nSPS) is 26.6. The van der Waals surface area contributed by atoms with E-state index in [0.717, 1.165) is 38.3 Å². The first-order valence-corrected chi connectivity index (χ1v) is 9.69. The van der Waals surface area contributed by atoms with E-state index in [-0.39, 0.29) is 18.4 Å². The van der Waals surface area contributed by atoms with Crippen molar-refractivity contribution in [1.29, 1.82) is 0 Å². The molecule has 1 aromatic heterocycles. The van der Waals surface area contributed by atoms with Crippen molar-refractivity contribution in [2.45, 2.75) is 64.0 Å². The second-order valence-electron chi connectivity index (χ2n) is 7.77. The number of carbonyl (C=O) groups is 2. The van der Waals surface area contributed by atoms with Gasteiger partial charge in [-0.25, -0.2) is 4.68 Å². The third kappa shape index (κ3) is 3.85. The average molecular weight is 345 g/mol. The Morgan fingerprint density at radius 3 is 2.64 bits per heavy atom. The molecule has 7 nitrogen and oxygen atoms in total. The van der Waals surface area contributed by atoms with Gasteiger partial charge in [0.2, 0.25) is 5.91 Å². The Morgan fingerprint density at radius 2 is 1.88 bits per heavy atom. The SMILES string of the molecule is O=C(N[C@H]1C[C@H]1C1CCCCC1)c1cn(CC(=O)N2CCCC2)nn1. The van der Waals surface area contributed by atoms with Crippen molar-refractivity contribution >= 4 is 11.8 Å². The molecule has 2 atom stereocenters. The lowest BCUT2D eigenvalue weighted by Gasteiger charge is -2.21. The first-order chi connectivity index (χ1) is 12.2. The third-order valence-corrected chi connectivity index (χ3v) is 5.94. The van der Waals surface area contributed by atoms with Crippen LogP contribution in [-0.4, -0.2) is 50.8 Å². The summed E-state index contributed by atoms with van der Waals surface area (Å²) in [6.07, 6.45) is 11.5. The highest BCUT2D eigenvalue weighted by Crippen LogP contribution is 2.44. The smallest absolute Gasteiger partial charge is 0.273 e. The zero-order chi connectivity index (χ0) is 17.2. The largest absolute Gasteiger partial charge is 0.348 e. The Kier molecular flexibility index (Phi) is 4.72. The summed E-state index contributed by atoms with van der Waals surface area (Å²) in [4.78, 5) is 26.3. The number of hydrogen-bond donors (Lipinski definition) is 1. The fraction of sp³-hybridized carbons (Fsp3) is 0.778. The number of carbonyl (C=O) groups excluding carboxylic acids is 2. The van der Waals surface area contributed by atoms with Crippen molar-refractivity contribution in [3.8, 4) is 0 Å². The zero-order valence-electron chi connectivity index (χ0n) is 14.7. The van der Waals surface area contributed by atoms with Crippen LogP contribution >= 0.6 is 0 Å². The number of rotatable bonds is 5. The molecule has 2 saturated carbocycles. The van der Waals surface area contributed by atoms with E-state index >= 15 is 0 Å². The number of nitrogens with one attached hydrogen (secondary N) is 1. The average Bonchev–Trinajstić information content (AvgIpc) is 3.05. The molecule has 1 aliphatic heterocycles. The summed E-state index contributed by atoms with van der Waals surface area (Å²) >= 11 is 0. The van der Waals surface area contributed by atoms with Crippen LogP contribution in [-0.2, 0) is 11.3 Å². The maximum atomic E-state index is 12.4. The summed E-state index contributed by atoms with van der Waals surface area (Å²) in [6.45, 7) is 1.81. The predicted molar refractivity (Wildman–Crippen MR) is 91.8 cm³/mol. The molecule has 0 bridgehead atoms. The Bertz CT molecular complexity index is 631. The van der Waals surface area contributed by atoms with Crippen molar-refractivity contribution in [1.82, 2.24) is 25.2 Å². The van der Waals surface area contributed by atoms with Crippen LogP contribution in [0.15, 0.2) is 6.20 Å². The van der Waals surface area contributed by atoms with Crippen molar-refractivity contribution < 1.29 is 9.59 Å². The van der Waals surface area contributed by atoms with Gasteiger partial charge in [-0.3, -0.25) is 9.59 Å². The summed E-state index contributed by atoms with van der Waals surface area (Å²) < 4.78 is 1.47. The highest BCUT2D eigenvalue weighted by Gasteiger charge is 2.44. The van der Waals surface area contributed by atoms with E-state index in [4.69, 9.17) is 0 Å². The molecule has 1 N–H and O–H groups in total. The molecule has 25 heavy (non-hydrogen) atoms. The Balaban J connectivity index is 1.27. The molecule has 2 amide bonds. The molecule has 4 rings (SSSR count). The molecule has 0 spiro atoms. The Morgan fingerprint density at radius 1 is 1.12 bits per heavy atom. The van der Waals surface area contributed by atoms with Crippen LogP contribution in [0, 0.1) is 11.8 Å². The van der Waals surface area contributed by atoms with Gasteiger partial charge in [0, 0.05) is 19.1 Å². The van der Waals surface area contributed by atoms with Gasteiger partial charge in [0.25, 0.3) is 5.91 Å². The fourth-order valence-electron chi connectivity index (χ4n) is 4.39. The number of aromatic nitrogens is 3. The summed E-state index contributed by atoms with van der Waals surface area (Å²) in [5, 5.41) is 11.0. The minimum atomic E-state index is -0.164. The molecule has 0 unspecified atom stereocenters. The van der Waals surface area contributed by atoms with Crippen LogP contribution in [0.25, 0.3) is 0 Å². The topological polar surface area (TPSA) is 80.1 Å². The van der Waals surface area contributed by atoms with Crippen LogP contribution in [0.4, 0.5) is 0 Å². The van der Waals surface area contributed by atoms with E-state index in [2.05, 4.69) is 15.6 Å². The van der Waals surface area contributed by atoms with Crippen molar-refractivity contribution in [3.05, 3.63) is 11.9 Å². The van der Waals surface area contributed by atoms with Gasteiger partial charge in [-0.1, -0.05) is 37.3 Å². The van der Waals surface area contributed by atoms with Crippen LogP contribution in [0.1, 0.15) is 61.9 Å². The van der Waals surface area contributed by atoms with E-state index in [1.807, 2.05) is 4.90 Å². The third-order valence-electron chi connectivity index (χ3n) is 5.94. The van der Waals surface area contributed by atoms with Crippen LogP contribution in [0.2, 0.25) is 0 Å². The summed E-state index contributed by atoms with van der Waals surface area (Å²) in [7, 11) is 0. The number of amides is 2. The molecule has 136 valence electrons. The van der Waals surface area contributed by atoms with E-state index < -0.39 is 0 Å². The molecular weight excluding hydrogens is 318 g/mol. The monoisotopic (exact) mass is 345 g/mol. The molecule has 3 aliphatic rings. The fourth-order valence-corrected chi connectivity index (χ4v) is 4.39. The van der Waals surface area contributed by atoms with Crippen LogP contribution in [0.5, 0.6) is 0 Å². The molecule has 1 aromatic rings. The second kappa shape index (κ2) is 7.14. The highest BCUT2D eigenvalue weighted by molar-refractivity contribution is 5.92. The zero-order valence-corrected chi connectivity index (χ0v) is 14.7. The molecular formula is C18H27N5O2. The van der Waals surface area contributed by atoms with Gasteiger partial charge in [-0.05, 0) is 31.1 Å². The predicted octanol–water partition coefficient (Wildman–Crippen LogP) is 1.60. The van der Waals surface area contributed by atoms with Crippen molar-refractivity contribution in [2.24, 2.45) is 11.8 Å². The molecule has 2 aliphatic carbocycles. The van der Waals surface area contributed by atoms with E-state index in [1.165, 1.54) is 36.8 Å². The van der Waals surface area contributed by atoms with Gasteiger partial charge in [0.15, 0.2) is 5.69 Å². The molecule has 3 fully saturated rings. The minimum absolute atomic E-state index is 0.0499. The molecule has 7 heteroatoms. The molecule has 2 heterocycles. The van der Waals surface area contributed by atoms with Gasteiger partial charge >= 0.3 is 0 Å². The van der Waals surface area contributed by atoms with Gasteiger partial charge in [0.1, 0.15) is 6.54 Å². The first-order valence-electron chi connectivity index (χ1n) is 9.69. The number of likely N-dealkylation sites (tertiary alicyclic amines) is 1. The lowest BCUT2D eigenvalue weighted by molar-refractivity contribution is -0.130. The van der Waals surface area contributed by atoms with Crippen LogP contribution < -0.4 is 5.32 Å². The lowest BCUT2D eigenvalue weighted by atomic mass is 9.85. The summed E-state index contributed by atoms with van der Waals surface area (Å²) in [5.41, 5.74) is 0.309. The maximum absolute atomic E-state index is 12.4. The first kappa shape index (κ1) is 16.5. The van der Waals surface area contributed by atoms with E-state index in [9.17, 15) is 9.59 Å². The van der Waals surface area contributed by atoms with Crippen molar-refractivity contribution in [2.75, 3.05) is 13.1 Å². The maximum Gasteiger partial charge on any atom is 0.273 e. The molecule has 1 saturated heterocycles. The van der Waals surface area contributed by atoms with Crippen LogP contribution in [0.3, 0.4) is 0 Å². The standard InChI is InChI=1S/C18H27N5O2/c24-17(22-8-4-5-9-22)12-23-11-16(20-21-23)18(25)19-15-10-14(15)13-6-2-1-3-7-13/h11,13-15H,1-10,12H2,(H,19,25)/t14-,15-/m0/s1. The number of hydrogen-bond acceptors (Lipinski definition) is 4. The Hall–Kier alpha value is -1.92. The van der Waals surface area contributed by atoms with Gasteiger partial charge in [-0.15, -0.1) is 5.10 Å². The van der Waals surface area contributed by atoms with Gasteiger partial charge in [0.05, 0.1) is 6.20 Å². The minimum Gasteiger partial charge on any atom is -0.348 e.